The van der Waals surface area contributed by atoms with Gasteiger partial charge in [-0.1, -0.05) is 170 Å². The van der Waals surface area contributed by atoms with Crippen molar-refractivity contribution >= 4 is 64.6 Å². The molecule has 9 aromatic carbocycles. The molecule has 2 nitrogen and oxygen atoms in total. The lowest BCUT2D eigenvalue weighted by Crippen LogP contribution is -1.97. The molecule has 0 spiro atoms. The normalized spacial score (nSPS) is 12.0. The molecule has 11 rings (SSSR count). The summed E-state index contributed by atoms with van der Waals surface area (Å²) in [7, 11) is 0. The third-order valence-electron chi connectivity index (χ3n) is 10.6. The molecular weight excluding hydrogens is 605 g/mol. The van der Waals surface area contributed by atoms with Gasteiger partial charge >= 0.3 is 0 Å². The van der Waals surface area contributed by atoms with E-state index in [4.69, 9.17) is 9.97 Å². The highest BCUT2D eigenvalue weighted by atomic mass is 14.7. The van der Waals surface area contributed by atoms with Crippen molar-refractivity contribution in [3.63, 3.8) is 0 Å². The number of nitrogens with zero attached hydrogens (tertiary/aromatic N) is 2. The highest BCUT2D eigenvalue weighted by molar-refractivity contribution is 6.41. The van der Waals surface area contributed by atoms with Gasteiger partial charge in [0, 0.05) is 54.6 Å². The summed E-state index contributed by atoms with van der Waals surface area (Å²) in [6.07, 6.45) is 0. The van der Waals surface area contributed by atoms with Gasteiger partial charge in [-0.15, -0.1) is 0 Å². The first kappa shape index (κ1) is 27.3. The van der Waals surface area contributed by atoms with Crippen molar-refractivity contribution in [1.82, 2.24) is 9.97 Å². The molecule has 2 aromatic heterocycles. The minimum absolute atomic E-state index is 1.02. The smallest absolute Gasteiger partial charge is 0.0788 e. The zero-order chi connectivity index (χ0) is 32.8. The molecule has 11 aromatic rings. The molecule has 0 bridgehead atoms. The molecule has 0 radical (unpaired) electrons. The van der Waals surface area contributed by atoms with Gasteiger partial charge < -0.3 is 0 Å². The standard InChI is InChI=1S/C48H28N2/c1-5-13-29(14-6-1)45-37-25-21-33-35-23-27-39-44-40(48(32-19-11-4-12-20-32)50-47(39)31-17-9-3-10-18-31)28-24-36(42(35)44)34-22-26-38(43(37)41(33)34)46(49-45)30-15-7-2-8-16-30/h1-28H. The summed E-state index contributed by atoms with van der Waals surface area (Å²) in [5, 5.41) is 14.9. The Labute approximate surface area is 288 Å². The fraction of sp³-hybridized carbons (Fsp3) is 0. The van der Waals surface area contributed by atoms with Crippen LogP contribution in [0.4, 0.5) is 0 Å². The molecule has 50 heavy (non-hydrogen) atoms. The molecule has 230 valence electrons. The number of hydrogen-bond donors (Lipinski definition) is 0. The molecule has 2 heterocycles. The summed E-state index contributed by atoms with van der Waals surface area (Å²) >= 11 is 0. The van der Waals surface area contributed by atoms with Gasteiger partial charge in [0.05, 0.1) is 22.8 Å². The molecule has 0 saturated heterocycles. The molecule has 2 heteroatoms. The van der Waals surface area contributed by atoms with Crippen molar-refractivity contribution in [3.8, 4) is 45.0 Å². The van der Waals surface area contributed by atoms with Gasteiger partial charge in [0.25, 0.3) is 0 Å². The maximum atomic E-state index is 5.41. The average molecular weight is 633 g/mol. The average Bonchev–Trinajstić information content (AvgIpc) is 3.20. The molecule has 0 amide bonds. The first-order valence-corrected chi connectivity index (χ1v) is 17.2. The van der Waals surface area contributed by atoms with E-state index >= 15 is 0 Å². The second kappa shape index (κ2) is 10.4. The third kappa shape index (κ3) is 3.79. The molecule has 0 aliphatic heterocycles. The Kier molecular flexibility index (Phi) is 5.70. The minimum Gasteiger partial charge on any atom is -0.246 e. The summed E-state index contributed by atoms with van der Waals surface area (Å²) < 4.78 is 0. The largest absolute Gasteiger partial charge is 0.246 e. The molecule has 0 atom stereocenters. The number of hydrogen-bond acceptors (Lipinski definition) is 2. The maximum absolute atomic E-state index is 5.41. The van der Waals surface area contributed by atoms with Gasteiger partial charge in [-0.2, -0.15) is 0 Å². The topological polar surface area (TPSA) is 25.8 Å². The molecule has 0 N–H and O–H groups in total. The van der Waals surface area contributed by atoms with Crippen molar-refractivity contribution in [2.24, 2.45) is 0 Å². The summed E-state index contributed by atoms with van der Waals surface area (Å²) in [6, 6.07) is 61.0. The van der Waals surface area contributed by atoms with Crippen molar-refractivity contribution < 1.29 is 0 Å². The van der Waals surface area contributed by atoms with Crippen LogP contribution in [0.3, 0.4) is 0 Å². The van der Waals surface area contributed by atoms with Crippen LogP contribution in [0.15, 0.2) is 170 Å². The Morgan fingerprint density at radius 2 is 0.400 bits per heavy atom. The Morgan fingerprint density at radius 1 is 0.200 bits per heavy atom. The highest BCUT2D eigenvalue weighted by Gasteiger charge is 2.23. The van der Waals surface area contributed by atoms with Crippen LogP contribution in [0.1, 0.15) is 0 Å². The second-order valence-corrected chi connectivity index (χ2v) is 13.2. The van der Waals surface area contributed by atoms with Crippen LogP contribution in [-0.4, -0.2) is 9.97 Å². The van der Waals surface area contributed by atoms with Gasteiger partial charge in [0.1, 0.15) is 0 Å². The summed E-state index contributed by atoms with van der Waals surface area (Å²) in [4.78, 5) is 10.8. The lowest BCUT2D eigenvalue weighted by Gasteiger charge is -2.22. The lowest BCUT2D eigenvalue weighted by atomic mass is 9.83. The van der Waals surface area contributed by atoms with E-state index in [0.29, 0.717) is 0 Å². The molecular formula is C48H28N2. The van der Waals surface area contributed by atoms with Crippen LogP contribution in [-0.2, 0) is 0 Å². The highest BCUT2D eigenvalue weighted by Crippen LogP contribution is 2.49. The zero-order valence-electron chi connectivity index (χ0n) is 27.1. The number of pyridine rings is 2. The predicted octanol–water partition coefficient (Wildman–Crippen LogP) is 12.9. The predicted molar refractivity (Wildman–Crippen MR) is 211 cm³/mol. The maximum Gasteiger partial charge on any atom is 0.0788 e. The van der Waals surface area contributed by atoms with Crippen molar-refractivity contribution in [2.45, 2.75) is 0 Å². The molecule has 0 aliphatic rings. The minimum atomic E-state index is 1.02. The number of fused-ring (bicyclic) bond motifs is 2. The quantitative estimate of drug-likeness (QED) is 0.142. The van der Waals surface area contributed by atoms with E-state index in [1.807, 2.05) is 0 Å². The van der Waals surface area contributed by atoms with E-state index in [1.54, 1.807) is 0 Å². The van der Waals surface area contributed by atoms with Crippen LogP contribution >= 0.6 is 0 Å². The van der Waals surface area contributed by atoms with E-state index in [1.165, 1.54) is 64.6 Å². The van der Waals surface area contributed by atoms with Gasteiger partial charge in [-0.3, -0.25) is 0 Å². The molecule has 0 aliphatic carbocycles. The summed E-state index contributed by atoms with van der Waals surface area (Å²) in [5.41, 5.74) is 8.56. The monoisotopic (exact) mass is 632 g/mol. The first-order chi connectivity index (χ1) is 24.8. The van der Waals surface area contributed by atoms with E-state index in [9.17, 15) is 0 Å². The molecule has 0 unspecified atom stereocenters. The Morgan fingerprint density at radius 3 is 0.640 bits per heavy atom. The Bertz CT molecular complexity index is 2640. The van der Waals surface area contributed by atoms with Crippen LogP contribution in [0.2, 0.25) is 0 Å². The number of benzene rings is 9. The summed E-state index contributed by atoms with van der Waals surface area (Å²) in [5.74, 6) is 0. The fourth-order valence-corrected chi connectivity index (χ4v) is 8.41. The molecule has 0 fully saturated rings. The number of rotatable bonds is 4. The van der Waals surface area contributed by atoms with Crippen LogP contribution < -0.4 is 0 Å². The number of aromatic nitrogens is 2. The van der Waals surface area contributed by atoms with Crippen LogP contribution in [0, 0.1) is 0 Å². The van der Waals surface area contributed by atoms with Crippen molar-refractivity contribution in [3.05, 3.63) is 170 Å². The van der Waals surface area contributed by atoms with Gasteiger partial charge in [-0.25, -0.2) is 9.97 Å². The third-order valence-corrected chi connectivity index (χ3v) is 10.6. The van der Waals surface area contributed by atoms with Crippen molar-refractivity contribution in [2.75, 3.05) is 0 Å². The first-order valence-electron chi connectivity index (χ1n) is 17.2. The van der Waals surface area contributed by atoms with E-state index in [-0.39, 0.29) is 0 Å². The van der Waals surface area contributed by atoms with E-state index in [2.05, 4.69) is 170 Å². The van der Waals surface area contributed by atoms with Gasteiger partial charge in [0.2, 0.25) is 0 Å². The van der Waals surface area contributed by atoms with Crippen molar-refractivity contribution in [1.29, 1.82) is 0 Å². The van der Waals surface area contributed by atoms with Gasteiger partial charge in [-0.05, 0) is 32.3 Å². The second-order valence-electron chi connectivity index (χ2n) is 13.2. The van der Waals surface area contributed by atoms with Crippen LogP contribution in [0.5, 0.6) is 0 Å². The fourth-order valence-electron chi connectivity index (χ4n) is 8.41. The lowest BCUT2D eigenvalue weighted by molar-refractivity contribution is 1.37. The Hall–Kier alpha value is -6.64. The zero-order valence-corrected chi connectivity index (χ0v) is 27.1. The van der Waals surface area contributed by atoms with Crippen LogP contribution in [0.25, 0.3) is 110 Å². The van der Waals surface area contributed by atoms with E-state index in [0.717, 1.165) is 45.0 Å². The van der Waals surface area contributed by atoms with Gasteiger partial charge in [0.15, 0.2) is 0 Å². The summed E-state index contributed by atoms with van der Waals surface area (Å²) in [6.45, 7) is 0. The SMILES string of the molecule is c1ccc(-c2nc(-c3ccccc3)c3ccc4c5ccc6c(-c7ccccc7)nc(-c7ccccc7)c7ccc(c8ccc2c3c84)c5c76)cc1. The van der Waals surface area contributed by atoms with E-state index < -0.39 is 0 Å². The Balaban J connectivity index is 1.33. The molecule has 0 saturated carbocycles.